The minimum atomic E-state index is -3.64. The molecule has 25 heavy (non-hydrogen) atoms. The maximum Gasteiger partial charge on any atom is 0.303 e. The fourth-order valence-electron chi connectivity index (χ4n) is 2.55. The summed E-state index contributed by atoms with van der Waals surface area (Å²) in [5, 5.41) is 2.70. The van der Waals surface area contributed by atoms with Crippen molar-refractivity contribution in [3.05, 3.63) is 23.2 Å². The second-order valence-corrected chi connectivity index (χ2v) is 8.19. The fourth-order valence-corrected chi connectivity index (χ4v) is 4.26. The molecule has 1 saturated heterocycles. The number of hydrogen-bond donors (Lipinski definition) is 1. The van der Waals surface area contributed by atoms with Crippen LogP contribution in [-0.2, 0) is 24.3 Å². The van der Waals surface area contributed by atoms with E-state index in [0.717, 1.165) is 19.3 Å². The first-order chi connectivity index (χ1) is 11.7. The molecular weight excluding hydrogens is 368 g/mol. The van der Waals surface area contributed by atoms with Gasteiger partial charge in [0.05, 0.1) is 15.6 Å². The van der Waals surface area contributed by atoms with Gasteiger partial charge in [-0.15, -0.1) is 0 Å². The molecule has 0 spiro atoms. The molecule has 1 N–H and O–H groups in total. The van der Waals surface area contributed by atoms with Crippen molar-refractivity contribution in [1.29, 1.82) is 0 Å². The van der Waals surface area contributed by atoms with Crippen LogP contribution < -0.4 is 5.32 Å². The van der Waals surface area contributed by atoms with Crippen LogP contribution in [0.1, 0.15) is 33.1 Å². The minimum absolute atomic E-state index is 0.0641. The van der Waals surface area contributed by atoms with Gasteiger partial charge >= 0.3 is 5.97 Å². The third kappa shape index (κ3) is 4.93. The Hall–Kier alpha value is -1.64. The number of anilines is 1. The largest absolute Gasteiger partial charge is 0.453 e. The van der Waals surface area contributed by atoms with Crippen molar-refractivity contribution >= 4 is 39.2 Å². The van der Waals surface area contributed by atoms with Gasteiger partial charge in [0.2, 0.25) is 10.0 Å². The number of sulfonamides is 1. The predicted octanol–water partition coefficient (Wildman–Crippen LogP) is 2.40. The number of nitrogens with one attached hydrogen (secondary N) is 1. The molecular formula is C16H21ClN2O5S. The number of ether oxygens (including phenoxy) is 1. The van der Waals surface area contributed by atoms with Crippen LogP contribution in [-0.4, -0.2) is 43.8 Å². The monoisotopic (exact) mass is 388 g/mol. The van der Waals surface area contributed by atoms with Crippen molar-refractivity contribution in [2.24, 2.45) is 0 Å². The number of hydrogen-bond acceptors (Lipinski definition) is 5. The van der Waals surface area contributed by atoms with Crippen LogP contribution in [0.15, 0.2) is 23.1 Å². The molecule has 2 rings (SSSR count). The van der Waals surface area contributed by atoms with Crippen molar-refractivity contribution in [3.63, 3.8) is 0 Å². The molecule has 1 aromatic rings. The molecule has 0 bridgehead atoms. The van der Waals surface area contributed by atoms with E-state index in [1.807, 2.05) is 0 Å². The van der Waals surface area contributed by atoms with Crippen molar-refractivity contribution in [3.8, 4) is 0 Å². The lowest BCUT2D eigenvalue weighted by Gasteiger charge is -2.26. The zero-order chi connectivity index (χ0) is 18.6. The Labute approximate surface area is 152 Å². The van der Waals surface area contributed by atoms with Crippen molar-refractivity contribution < 1.29 is 22.7 Å². The van der Waals surface area contributed by atoms with Crippen LogP contribution >= 0.6 is 11.6 Å². The molecule has 0 radical (unpaired) electrons. The lowest BCUT2D eigenvalue weighted by Crippen LogP contribution is -2.35. The summed E-state index contributed by atoms with van der Waals surface area (Å²) in [6.07, 6.45) is 1.66. The average Bonchev–Trinajstić information content (AvgIpc) is 2.56. The Morgan fingerprint density at radius 1 is 1.24 bits per heavy atom. The maximum absolute atomic E-state index is 12.7. The van der Waals surface area contributed by atoms with Crippen molar-refractivity contribution in [1.82, 2.24) is 4.31 Å². The molecule has 1 amide bonds. The molecule has 1 aliphatic rings. The lowest BCUT2D eigenvalue weighted by molar-refractivity contribution is -0.150. The summed E-state index contributed by atoms with van der Waals surface area (Å²) in [5.41, 5.74) is 0.156. The molecule has 9 heteroatoms. The predicted molar refractivity (Wildman–Crippen MR) is 93.9 cm³/mol. The number of halogens is 1. The van der Waals surface area contributed by atoms with Gasteiger partial charge in [-0.2, -0.15) is 4.31 Å². The minimum Gasteiger partial charge on any atom is -0.453 e. The Kier molecular flexibility index (Phi) is 6.42. The average molecular weight is 389 g/mol. The number of carbonyl (C=O) groups excluding carboxylic acids is 2. The third-order valence-electron chi connectivity index (χ3n) is 3.86. The molecule has 0 unspecified atom stereocenters. The van der Waals surface area contributed by atoms with E-state index in [4.69, 9.17) is 16.3 Å². The Morgan fingerprint density at radius 2 is 1.88 bits per heavy atom. The lowest BCUT2D eigenvalue weighted by atomic mass is 10.2. The van der Waals surface area contributed by atoms with E-state index in [-0.39, 0.29) is 15.6 Å². The number of carbonyl (C=O) groups is 2. The van der Waals surface area contributed by atoms with E-state index in [2.05, 4.69) is 5.32 Å². The molecule has 0 aliphatic carbocycles. The number of piperidine rings is 1. The summed E-state index contributed by atoms with van der Waals surface area (Å²) in [7, 11) is -3.64. The van der Waals surface area contributed by atoms with E-state index in [9.17, 15) is 18.0 Å². The quantitative estimate of drug-likeness (QED) is 0.782. The molecule has 0 saturated carbocycles. The van der Waals surface area contributed by atoms with E-state index in [1.54, 1.807) is 0 Å². The first kappa shape index (κ1) is 19.7. The summed E-state index contributed by atoms with van der Waals surface area (Å²) in [6, 6.07) is 4.16. The van der Waals surface area contributed by atoms with Crippen LogP contribution in [0.5, 0.6) is 0 Å². The van der Waals surface area contributed by atoms with Gasteiger partial charge < -0.3 is 10.1 Å². The molecule has 7 nitrogen and oxygen atoms in total. The van der Waals surface area contributed by atoms with Gasteiger partial charge in [-0.25, -0.2) is 8.42 Å². The molecule has 0 aromatic heterocycles. The first-order valence-electron chi connectivity index (χ1n) is 7.99. The normalized spacial score (nSPS) is 16.9. The number of rotatable bonds is 5. The van der Waals surface area contributed by atoms with Gasteiger partial charge in [0.15, 0.2) is 6.10 Å². The topological polar surface area (TPSA) is 92.8 Å². The maximum atomic E-state index is 12.7. The summed E-state index contributed by atoms with van der Waals surface area (Å²) >= 11 is 6.06. The zero-order valence-corrected chi connectivity index (χ0v) is 15.7. The first-order valence-corrected chi connectivity index (χ1v) is 9.81. The summed E-state index contributed by atoms with van der Waals surface area (Å²) < 4.78 is 31.7. The highest BCUT2D eigenvalue weighted by Crippen LogP contribution is 2.28. The zero-order valence-electron chi connectivity index (χ0n) is 14.1. The van der Waals surface area contributed by atoms with Crippen LogP contribution in [0.3, 0.4) is 0 Å². The van der Waals surface area contributed by atoms with Crippen LogP contribution in [0.2, 0.25) is 5.02 Å². The van der Waals surface area contributed by atoms with Crippen LogP contribution in [0.25, 0.3) is 0 Å². The second kappa shape index (κ2) is 8.16. The number of amides is 1. The van der Waals surface area contributed by atoms with Gasteiger partial charge in [0.1, 0.15) is 0 Å². The van der Waals surface area contributed by atoms with E-state index in [0.29, 0.717) is 13.1 Å². The van der Waals surface area contributed by atoms with Gasteiger partial charge in [-0.3, -0.25) is 9.59 Å². The van der Waals surface area contributed by atoms with E-state index in [1.165, 1.54) is 36.4 Å². The van der Waals surface area contributed by atoms with E-state index < -0.39 is 28.0 Å². The van der Waals surface area contributed by atoms with E-state index >= 15 is 0 Å². The summed E-state index contributed by atoms with van der Waals surface area (Å²) in [4.78, 5) is 23.0. The van der Waals surface area contributed by atoms with Crippen molar-refractivity contribution in [2.45, 2.75) is 44.1 Å². The standard InChI is InChI=1S/C16H21ClN2O5S/c1-11(24-12(2)20)16(21)18-15-10-13(6-7-14(15)17)25(22,23)19-8-4-3-5-9-19/h6-7,10-11H,3-5,8-9H2,1-2H3,(H,18,21)/t11-/m1/s1. The Morgan fingerprint density at radius 3 is 2.48 bits per heavy atom. The van der Waals surface area contributed by atoms with Crippen LogP contribution in [0, 0.1) is 0 Å². The molecule has 1 aromatic carbocycles. The smallest absolute Gasteiger partial charge is 0.303 e. The molecule has 138 valence electrons. The highest BCUT2D eigenvalue weighted by atomic mass is 35.5. The van der Waals surface area contributed by atoms with Gasteiger partial charge in [0, 0.05) is 20.0 Å². The molecule has 1 heterocycles. The Bertz CT molecular complexity index is 760. The summed E-state index contributed by atoms with van der Waals surface area (Å²) in [6.45, 7) is 3.58. The molecule has 1 fully saturated rings. The van der Waals surface area contributed by atoms with Gasteiger partial charge in [-0.1, -0.05) is 18.0 Å². The highest BCUT2D eigenvalue weighted by molar-refractivity contribution is 7.89. The third-order valence-corrected chi connectivity index (χ3v) is 6.08. The molecule has 1 aliphatic heterocycles. The number of esters is 1. The van der Waals surface area contributed by atoms with Gasteiger partial charge in [-0.05, 0) is 38.0 Å². The van der Waals surface area contributed by atoms with Gasteiger partial charge in [0.25, 0.3) is 5.91 Å². The molecule has 1 atom stereocenters. The second-order valence-electron chi connectivity index (χ2n) is 5.85. The van der Waals surface area contributed by atoms with Crippen molar-refractivity contribution in [2.75, 3.05) is 18.4 Å². The highest BCUT2D eigenvalue weighted by Gasteiger charge is 2.27. The SMILES string of the molecule is CC(=O)O[C@H](C)C(=O)Nc1cc(S(=O)(=O)N2CCCCC2)ccc1Cl. The number of nitrogens with zero attached hydrogens (tertiary/aromatic N) is 1. The van der Waals surface area contributed by atoms with Crippen LogP contribution in [0.4, 0.5) is 5.69 Å². The fraction of sp³-hybridized carbons (Fsp3) is 0.500. The summed E-state index contributed by atoms with van der Waals surface area (Å²) in [5.74, 6) is -1.18. The Balaban J connectivity index is 2.22. The number of benzene rings is 1.